The van der Waals surface area contributed by atoms with Crippen LogP contribution in [0.25, 0.3) is 0 Å². The van der Waals surface area contributed by atoms with Gasteiger partial charge < -0.3 is 56.2 Å². The number of nitrogens with two attached hydrogens (primary N) is 2. The maximum Gasteiger partial charge on any atom is 0.251 e. The molecule has 6 aliphatic rings. The maximum absolute atomic E-state index is 15.2. The number of benzene rings is 4. The van der Waals surface area contributed by atoms with E-state index in [4.69, 9.17) is 40.4 Å². The first kappa shape index (κ1) is 56.5. The molecule has 428 valence electrons. The van der Waals surface area contributed by atoms with Crippen molar-refractivity contribution in [2.45, 2.75) is 191 Å². The van der Waals surface area contributed by atoms with Crippen LogP contribution in [0.15, 0.2) is 88.8 Å². The molecule has 80 heavy (non-hydrogen) atoms. The van der Waals surface area contributed by atoms with E-state index in [9.17, 15) is 24.6 Å². The summed E-state index contributed by atoms with van der Waals surface area (Å²) in [7, 11) is 0. The van der Waals surface area contributed by atoms with Gasteiger partial charge in [0.1, 0.15) is 52.7 Å². The van der Waals surface area contributed by atoms with E-state index in [0.717, 1.165) is 11.1 Å². The first-order valence-corrected chi connectivity index (χ1v) is 28.3. The number of rotatable bonds is 12. The first-order valence-electron chi connectivity index (χ1n) is 28.3. The Morgan fingerprint density at radius 3 is 2.08 bits per heavy atom. The Bertz CT molecular complexity index is 3160. The standard InChI is InChI=1S/C62H79FN8O9/c1-11-62(12-2)33-49(72)71(56(65)69-62)45-32-58(7,79-47-21-18-37(28-42(45)47)54(75)67-51-40-16-14-13-15-38(40)30-60(51,9)76)23-24-61(10)52(73)50(43-29-39(63)19-22-48(43)80-61)66-53(74)36-17-20-46-41(27-36)44(31-57(5,6)78-46)70-34-77-26-25-59(8,35(3)4)68-55(70)64/h13-22,27-29,35,44-45,50-52,73,76H,11-12,23-26,30-34H2,1-10H3,(H2,64,68)(H2,65,69)(H,66,74)(H,67,75)/t44-,45-,50-,51-,52+,58?,59+,60?,61?/m1/s1. The van der Waals surface area contributed by atoms with Crippen molar-refractivity contribution in [3.05, 3.63) is 124 Å². The number of amides is 3. The summed E-state index contributed by atoms with van der Waals surface area (Å²) in [6, 6.07) is 19.1. The van der Waals surface area contributed by atoms with Crippen LogP contribution in [0.3, 0.4) is 0 Å². The normalized spacial score (nSPS) is 30.4. The third kappa shape index (κ3) is 10.5. The molecule has 0 saturated carbocycles. The molecule has 0 fully saturated rings. The Kier molecular flexibility index (Phi) is 14.6. The molecule has 0 bridgehead atoms. The Hall–Kier alpha value is -6.76. The summed E-state index contributed by atoms with van der Waals surface area (Å²) in [6.45, 7) is 20.4. The van der Waals surface area contributed by atoms with E-state index in [1.165, 1.54) is 23.1 Å². The predicted molar refractivity (Wildman–Crippen MR) is 302 cm³/mol. The predicted octanol–water partition coefficient (Wildman–Crippen LogP) is 8.77. The lowest BCUT2D eigenvalue weighted by molar-refractivity contribution is -0.133. The van der Waals surface area contributed by atoms with Gasteiger partial charge in [0.2, 0.25) is 5.91 Å². The number of carbonyl (C=O) groups excluding carboxylic acids is 3. The third-order valence-electron chi connectivity index (χ3n) is 18.4. The fraction of sp³-hybridized carbons (Fsp3) is 0.532. The summed E-state index contributed by atoms with van der Waals surface area (Å²) in [5.41, 5.74) is 12.2. The van der Waals surface area contributed by atoms with Gasteiger partial charge in [-0.1, -0.05) is 52.0 Å². The van der Waals surface area contributed by atoms with Gasteiger partial charge in [-0.2, -0.15) is 0 Å². The van der Waals surface area contributed by atoms with Crippen molar-refractivity contribution in [3.63, 3.8) is 0 Å². The minimum atomic E-state index is -1.41. The SMILES string of the molecule is CCC1(CC)CC(=O)N([C@@H]2CC(C)(CCC3(C)Oc4ccc(F)cc4[C@@H](NC(=O)c4ccc5c(c4)[C@H](N4COCC[C@@](C)(C(C)C)N=C4N)CC(C)(C)O5)[C@@H]3O)Oc3ccc(C(=O)N[C@@H]4c5ccccc5CC4(C)O)cc32)C(N)=N1. The summed E-state index contributed by atoms with van der Waals surface area (Å²) >= 11 is 0. The number of hydrogen-bond acceptors (Lipinski definition) is 14. The van der Waals surface area contributed by atoms with Crippen LogP contribution in [-0.4, -0.2) is 103 Å². The van der Waals surface area contributed by atoms with Crippen molar-refractivity contribution in [2.24, 2.45) is 27.4 Å². The summed E-state index contributed by atoms with van der Waals surface area (Å²) in [4.78, 5) is 56.9. The second-order valence-electron chi connectivity index (χ2n) is 25.1. The van der Waals surface area contributed by atoms with E-state index in [2.05, 4.69) is 31.4 Å². The zero-order valence-electron chi connectivity index (χ0n) is 47.8. The van der Waals surface area contributed by atoms with Crippen molar-refractivity contribution in [2.75, 3.05) is 13.3 Å². The molecule has 1 aliphatic carbocycles. The van der Waals surface area contributed by atoms with Gasteiger partial charge in [-0.05, 0) is 145 Å². The molecule has 0 aromatic heterocycles. The van der Waals surface area contributed by atoms with Gasteiger partial charge in [0, 0.05) is 47.1 Å². The smallest absolute Gasteiger partial charge is 0.251 e. The van der Waals surface area contributed by atoms with Gasteiger partial charge in [0.15, 0.2) is 11.9 Å². The van der Waals surface area contributed by atoms with Gasteiger partial charge in [-0.25, -0.2) is 14.4 Å². The van der Waals surface area contributed by atoms with Gasteiger partial charge >= 0.3 is 0 Å². The topological polar surface area (TPSA) is 236 Å². The molecular formula is C62H79FN8O9. The molecule has 3 unspecified atom stereocenters. The molecular weight excluding hydrogens is 1020 g/mol. The number of aliphatic imine (C=N–C) groups is 2. The van der Waals surface area contributed by atoms with E-state index in [-0.39, 0.29) is 73.1 Å². The van der Waals surface area contributed by atoms with Crippen LogP contribution in [0.1, 0.15) is 193 Å². The first-order chi connectivity index (χ1) is 37.7. The lowest BCUT2D eigenvalue weighted by Gasteiger charge is -2.48. The fourth-order valence-electron chi connectivity index (χ4n) is 12.9. The van der Waals surface area contributed by atoms with Crippen LogP contribution in [0.2, 0.25) is 0 Å². The zero-order valence-corrected chi connectivity index (χ0v) is 47.8. The summed E-state index contributed by atoms with van der Waals surface area (Å²) in [6.07, 6.45) is 2.18. The molecule has 4 aromatic carbocycles. The second-order valence-corrected chi connectivity index (χ2v) is 25.1. The summed E-state index contributed by atoms with van der Waals surface area (Å²) in [5, 5.41) is 30.2. The van der Waals surface area contributed by atoms with Gasteiger partial charge in [-0.3, -0.25) is 19.3 Å². The van der Waals surface area contributed by atoms with Crippen molar-refractivity contribution in [1.82, 2.24) is 20.4 Å². The third-order valence-corrected chi connectivity index (χ3v) is 18.4. The van der Waals surface area contributed by atoms with Crippen LogP contribution >= 0.6 is 0 Å². The molecule has 17 nitrogen and oxygen atoms in total. The quantitative estimate of drug-likeness (QED) is 0.0781. The van der Waals surface area contributed by atoms with Crippen molar-refractivity contribution in [3.8, 4) is 17.2 Å². The van der Waals surface area contributed by atoms with Crippen LogP contribution < -0.4 is 36.3 Å². The fourth-order valence-corrected chi connectivity index (χ4v) is 12.9. The highest BCUT2D eigenvalue weighted by atomic mass is 19.1. The number of ether oxygens (including phenoxy) is 4. The molecule has 10 rings (SSSR count). The van der Waals surface area contributed by atoms with E-state index in [0.29, 0.717) is 72.9 Å². The minimum absolute atomic E-state index is 0.0726. The molecule has 5 aliphatic heterocycles. The van der Waals surface area contributed by atoms with Gasteiger partial charge in [0.25, 0.3) is 11.8 Å². The highest BCUT2D eigenvalue weighted by molar-refractivity contribution is 6.00. The van der Waals surface area contributed by atoms with Gasteiger partial charge in [-0.15, -0.1) is 0 Å². The van der Waals surface area contributed by atoms with E-state index >= 15 is 4.39 Å². The Morgan fingerprint density at radius 1 is 0.762 bits per heavy atom. The number of aliphatic hydroxyl groups excluding tert-OH is 1. The van der Waals surface area contributed by atoms with Crippen molar-refractivity contribution in [1.29, 1.82) is 0 Å². The summed E-state index contributed by atoms with van der Waals surface area (Å²) < 4.78 is 41.5. The lowest BCUT2D eigenvalue weighted by Crippen LogP contribution is -2.57. The van der Waals surface area contributed by atoms with E-state index < -0.39 is 75.3 Å². The molecule has 0 spiro atoms. The largest absolute Gasteiger partial charge is 0.487 e. The molecule has 8 N–H and O–H groups in total. The lowest BCUT2D eigenvalue weighted by atomic mass is 9.77. The highest BCUT2D eigenvalue weighted by Crippen LogP contribution is 2.50. The molecule has 9 atom stereocenters. The monoisotopic (exact) mass is 1100 g/mol. The number of nitrogens with one attached hydrogen (secondary N) is 2. The number of fused-ring (bicyclic) bond motifs is 4. The van der Waals surface area contributed by atoms with Crippen LogP contribution in [-0.2, 0) is 16.0 Å². The van der Waals surface area contributed by atoms with E-state index in [1.807, 2.05) is 63.8 Å². The number of carbonyl (C=O) groups is 3. The zero-order chi connectivity index (χ0) is 57.5. The molecule has 0 radical (unpaired) electrons. The second kappa shape index (κ2) is 20.7. The number of aliphatic hydroxyl groups is 2. The van der Waals surface area contributed by atoms with Gasteiger partial charge in [0.05, 0.1) is 53.9 Å². The Labute approximate surface area is 468 Å². The van der Waals surface area contributed by atoms with E-state index in [1.54, 1.807) is 50.2 Å². The number of nitrogens with zero attached hydrogens (tertiary/aromatic N) is 4. The average Bonchev–Trinajstić information content (AvgIpc) is 3.72. The summed E-state index contributed by atoms with van der Waals surface area (Å²) in [5.74, 6) is 0.185. The van der Waals surface area contributed by atoms with Crippen LogP contribution in [0.4, 0.5) is 4.39 Å². The number of hydrogen-bond donors (Lipinski definition) is 6. The average molecular weight is 1100 g/mol. The maximum atomic E-state index is 15.2. The number of halogens is 1. The van der Waals surface area contributed by atoms with Crippen molar-refractivity contribution < 1.29 is 47.9 Å². The molecule has 0 saturated heterocycles. The Morgan fingerprint density at radius 2 is 1.40 bits per heavy atom. The molecule has 18 heteroatoms. The minimum Gasteiger partial charge on any atom is -0.487 e. The van der Waals surface area contributed by atoms with Crippen molar-refractivity contribution >= 4 is 29.6 Å². The molecule has 3 amide bonds. The number of guanidine groups is 2. The Balaban J connectivity index is 0.933. The van der Waals surface area contributed by atoms with Crippen LogP contribution in [0, 0.1) is 11.7 Å². The highest BCUT2D eigenvalue weighted by Gasteiger charge is 2.52. The molecule has 4 aromatic rings. The van der Waals surface area contributed by atoms with Crippen LogP contribution in [0.5, 0.6) is 17.2 Å². The molecule has 5 heterocycles.